The molecule has 2 rings (SSSR count). The summed E-state index contributed by atoms with van der Waals surface area (Å²) in [6.45, 7) is 0. The van der Waals surface area contributed by atoms with Gasteiger partial charge in [-0.1, -0.05) is 6.07 Å². The first-order chi connectivity index (χ1) is 9.76. The third kappa shape index (κ3) is 2.71. The molecule has 1 heterocycles. The number of para-hydroxylation sites is 1. The minimum Gasteiger partial charge on any atom is -0.480 e. The van der Waals surface area contributed by atoms with Crippen molar-refractivity contribution in [3.05, 3.63) is 34.1 Å². The highest BCUT2D eigenvalue weighted by Gasteiger charge is 2.43. The zero-order valence-corrected chi connectivity index (χ0v) is 11.9. The second-order valence-corrected chi connectivity index (χ2v) is 6.95. The lowest BCUT2D eigenvalue weighted by molar-refractivity contribution is -0.390. The SMILES string of the molecule is O=C(O)C1CSCN1S(=O)(=O)c1cccc(F)c1[N+](=O)[O-]. The summed E-state index contributed by atoms with van der Waals surface area (Å²) in [6, 6.07) is 1.35. The van der Waals surface area contributed by atoms with Gasteiger partial charge in [0.2, 0.25) is 5.82 Å². The number of aliphatic carboxylic acids is 1. The van der Waals surface area contributed by atoms with Crippen LogP contribution in [0.2, 0.25) is 0 Å². The van der Waals surface area contributed by atoms with E-state index >= 15 is 0 Å². The largest absolute Gasteiger partial charge is 0.480 e. The van der Waals surface area contributed by atoms with E-state index in [1.807, 2.05) is 0 Å². The van der Waals surface area contributed by atoms with Crippen molar-refractivity contribution in [1.29, 1.82) is 0 Å². The van der Waals surface area contributed by atoms with Crippen LogP contribution in [-0.4, -0.2) is 46.4 Å². The van der Waals surface area contributed by atoms with Crippen LogP contribution in [-0.2, 0) is 14.8 Å². The van der Waals surface area contributed by atoms with Crippen molar-refractivity contribution < 1.29 is 27.6 Å². The predicted molar refractivity (Wildman–Crippen MR) is 70.8 cm³/mol. The van der Waals surface area contributed by atoms with Gasteiger partial charge in [0.05, 0.1) is 10.8 Å². The number of thioether (sulfide) groups is 1. The highest BCUT2D eigenvalue weighted by Crippen LogP contribution is 2.33. The molecule has 1 fully saturated rings. The number of nitrogens with zero attached hydrogens (tertiary/aromatic N) is 2. The lowest BCUT2D eigenvalue weighted by Crippen LogP contribution is -2.41. The normalized spacial score (nSPS) is 19.6. The fourth-order valence-corrected chi connectivity index (χ4v) is 5.17. The molecular formula is C10H9FN2O6S2. The number of carboxylic acids is 1. The molecule has 21 heavy (non-hydrogen) atoms. The van der Waals surface area contributed by atoms with Gasteiger partial charge in [-0.15, -0.1) is 11.8 Å². The number of carboxylic acid groups (broad SMARTS) is 1. The van der Waals surface area contributed by atoms with E-state index in [1.54, 1.807) is 0 Å². The Morgan fingerprint density at radius 2 is 2.19 bits per heavy atom. The van der Waals surface area contributed by atoms with E-state index in [9.17, 15) is 27.7 Å². The summed E-state index contributed by atoms with van der Waals surface area (Å²) in [5, 5.41) is 19.9. The molecule has 114 valence electrons. The van der Waals surface area contributed by atoms with Crippen LogP contribution in [0.15, 0.2) is 23.1 Å². The lowest BCUT2D eigenvalue weighted by atomic mass is 10.3. The Balaban J connectivity index is 2.58. The van der Waals surface area contributed by atoms with E-state index in [0.717, 1.165) is 30.0 Å². The molecule has 1 N–H and O–H groups in total. The van der Waals surface area contributed by atoms with Gasteiger partial charge in [0, 0.05) is 5.75 Å². The molecule has 1 aliphatic rings. The summed E-state index contributed by atoms with van der Waals surface area (Å²) in [6.07, 6.45) is 0. The average Bonchev–Trinajstić information content (AvgIpc) is 2.87. The van der Waals surface area contributed by atoms with Crippen molar-refractivity contribution in [3.63, 3.8) is 0 Å². The van der Waals surface area contributed by atoms with E-state index in [4.69, 9.17) is 5.11 Å². The molecule has 0 radical (unpaired) electrons. The molecule has 1 aromatic carbocycles. The number of nitro groups is 1. The molecule has 1 unspecified atom stereocenters. The minimum absolute atomic E-state index is 0.0255. The first-order valence-electron chi connectivity index (χ1n) is 5.52. The van der Waals surface area contributed by atoms with Crippen LogP contribution in [0.5, 0.6) is 0 Å². The maximum absolute atomic E-state index is 13.5. The third-order valence-electron chi connectivity index (χ3n) is 2.85. The van der Waals surface area contributed by atoms with E-state index in [-0.39, 0.29) is 11.6 Å². The van der Waals surface area contributed by atoms with Crippen LogP contribution in [0.1, 0.15) is 0 Å². The van der Waals surface area contributed by atoms with Crippen molar-refractivity contribution in [2.45, 2.75) is 10.9 Å². The summed E-state index contributed by atoms with van der Waals surface area (Å²) in [7, 11) is -4.48. The minimum atomic E-state index is -4.48. The van der Waals surface area contributed by atoms with Gasteiger partial charge in [-0.3, -0.25) is 14.9 Å². The molecule has 11 heteroatoms. The molecule has 0 bridgehead atoms. The maximum Gasteiger partial charge on any atom is 0.324 e. The van der Waals surface area contributed by atoms with Gasteiger partial charge < -0.3 is 5.11 Å². The summed E-state index contributed by atoms with van der Waals surface area (Å²) in [5.41, 5.74) is -1.18. The second kappa shape index (κ2) is 5.58. The Morgan fingerprint density at radius 1 is 1.52 bits per heavy atom. The van der Waals surface area contributed by atoms with E-state index < -0.39 is 43.4 Å². The first kappa shape index (κ1) is 15.7. The number of hydrogen-bond acceptors (Lipinski definition) is 6. The van der Waals surface area contributed by atoms with Crippen molar-refractivity contribution >= 4 is 33.4 Å². The number of carbonyl (C=O) groups is 1. The summed E-state index contributed by atoms with van der Waals surface area (Å²) < 4.78 is 39.0. The quantitative estimate of drug-likeness (QED) is 0.640. The van der Waals surface area contributed by atoms with Crippen molar-refractivity contribution in [2.75, 3.05) is 11.6 Å². The third-order valence-corrected chi connectivity index (χ3v) is 5.91. The smallest absolute Gasteiger partial charge is 0.324 e. The summed E-state index contributed by atoms with van der Waals surface area (Å²) >= 11 is 1.06. The Hall–Kier alpha value is -1.72. The molecule has 1 aliphatic heterocycles. The van der Waals surface area contributed by atoms with Gasteiger partial charge in [0.1, 0.15) is 6.04 Å². The molecule has 0 spiro atoms. The number of nitro benzene ring substituents is 1. The molecule has 1 saturated heterocycles. The van der Waals surface area contributed by atoms with Crippen LogP contribution in [0.4, 0.5) is 10.1 Å². The highest BCUT2D eigenvalue weighted by atomic mass is 32.2. The second-order valence-electron chi connectivity index (χ2n) is 4.09. The highest BCUT2D eigenvalue weighted by molar-refractivity contribution is 8.00. The number of rotatable bonds is 4. The van der Waals surface area contributed by atoms with Gasteiger partial charge in [-0.2, -0.15) is 8.70 Å². The van der Waals surface area contributed by atoms with Crippen LogP contribution in [0.25, 0.3) is 0 Å². The molecule has 0 aromatic heterocycles. The Labute approximate surface area is 122 Å². The monoisotopic (exact) mass is 336 g/mol. The van der Waals surface area contributed by atoms with Crippen LogP contribution in [0.3, 0.4) is 0 Å². The van der Waals surface area contributed by atoms with Gasteiger partial charge in [-0.25, -0.2) is 8.42 Å². The van der Waals surface area contributed by atoms with Gasteiger partial charge >= 0.3 is 11.7 Å². The topological polar surface area (TPSA) is 118 Å². The zero-order valence-electron chi connectivity index (χ0n) is 10.3. The first-order valence-corrected chi connectivity index (χ1v) is 8.11. The fraction of sp³-hybridized carbons (Fsp3) is 0.300. The van der Waals surface area contributed by atoms with Gasteiger partial charge in [0.25, 0.3) is 10.0 Å². The molecule has 0 amide bonds. The maximum atomic E-state index is 13.5. The Morgan fingerprint density at radius 3 is 2.76 bits per heavy atom. The Kier molecular flexibility index (Phi) is 4.16. The van der Waals surface area contributed by atoms with Crippen LogP contribution >= 0.6 is 11.8 Å². The number of benzene rings is 1. The predicted octanol–water partition coefficient (Wildman–Crippen LogP) is 0.882. The zero-order chi connectivity index (χ0) is 15.8. The lowest BCUT2D eigenvalue weighted by Gasteiger charge is -2.19. The van der Waals surface area contributed by atoms with Crippen molar-refractivity contribution in [1.82, 2.24) is 4.31 Å². The van der Waals surface area contributed by atoms with Crippen molar-refractivity contribution in [3.8, 4) is 0 Å². The van der Waals surface area contributed by atoms with E-state index in [1.165, 1.54) is 0 Å². The van der Waals surface area contributed by atoms with Crippen LogP contribution in [0, 0.1) is 15.9 Å². The Bertz CT molecular complexity index is 707. The number of hydrogen-bond donors (Lipinski definition) is 1. The number of halogens is 1. The number of sulfonamides is 1. The van der Waals surface area contributed by atoms with Crippen LogP contribution < -0.4 is 0 Å². The average molecular weight is 336 g/mol. The molecule has 1 aromatic rings. The summed E-state index contributed by atoms with van der Waals surface area (Å²) in [5.74, 6) is -2.78. The molecular weight excluding hydrogens is 327 g/mol. The van der Waals surface area contributed by atoms with E-state index in [0.29, 0.717) is 4.31 Å². The molecule has 0 saturated carbocycles. The molecule has 8 nitrogen and oxygen atoms in total. The van der Waals surface area contributed by atoms with Gasteiger partial charge in [-0.05, 0) is 12.1 Å². The molecule has 0 aliphatic carbocycles. The standard InChI is InChI=1S/C10H9FN2O6S2/c11-6-2-1-3-8(9(6)13(16)17)21(18,19)12-5-20-4-7(12)10(14)15/h1-3,7H,4-5H2,(H,14,15). The van der Waals surface area contributed by atoms with Gasteiger partial charge in [0.15, 0.2) is 4.90 Å². The fourth-order valence-electron chi connectivity index (χ4n) is 1.87. The summed E-state index contributed by atoms with van der Waals surface area (Å²) in [4.78, 5) is 19.9. The van der Waals surface area contributed by atoms with Crippen molar-refractivity contribution in [2.24, 2.45) is 0 Å². The van der Waals surface area contributed by atoms with E-state index in [2.05, 4.69) is 0 Å². The molecule has 1 atom stereocenters.